The van der Waals surface area contributed by atoms with Crippen molar-refractivity contribution in [2.45, 2.75) is 46.5 Å². The molecule has 1 aromatic rings. The van der Waals surface area contributed by atoms with Gasteiger partial charge in [0.2, 0.25) is 0 Å². The minimum Gasteiger partial charge on any atom is -0.206 e. The van der Waals surface area contributed by atoms with Gasteiger partial charge in [-0.15, -0.1) is 0 Å². The van der Waals surface area contributed by atoms with Crippen LogP contribution in [-0.4, -0.2) is 0 Å². The van der Waals surface area contributed by atoms with E-state index < -0.39 is 0 Å². The van der Waals surface area contributed by atoms with Crippen molar-refractivity contribution in [3.05, 3.63) is 65.0 Å². The molecule has 0 amide bonds. The summed E-state index contributed by atoms with van der Waals surface area (Å²) < 4.78 is 14.1. The van der Waals surface area contributed by atoms with E-state index in [4.69, 9.17) is 0 Å². The lowest BCUT2D eigenvalue weighted by molar-refractivity contribution is 0.524. The summed E-state index contributed by atoms with van der Waals surface area (Å²) >= 11 is 0. The molecule has 112 valence electrons. The van der Waals surface area contributed by atoms with Gasteiger partial charge in [-0.2, -0.15) is 0 Å². The standard InChI is InChI=1S/C20H25F/c1-4-9-16(6-3)17-12-15(5-2)13-18(14-17)19-10-7-8-11-20(19)21/h5,7-8,10-11,13-14,16H,4,6,9,12H2,1-3H3/b15-5+. The maximum atomic E-state index is 14.1. The van der Waals surface area contributed by atoms with Crippen LogP contribution >= 0.6 is 0 Å². The van der Waals surface area contributed by atoms with Crippen molar-refractivity contribution in [3.63, 3.8) is 0 Å². The van der Waals surface area contributed by atoms with Crippen LogP contribution in [0, 0.1) is 11.7 Å². The van der Waals surface area contributed by atoms with Crippen LogP contribution in [0.3, 0.4) is 0 Å². The minimum absolute atomic E-state index is 0.139. The Balaban J connectivity index is 2.41. The van der Waals surface area contributed by atoms with E-state index >= 15 is 0 Å². The molecule has 0 heterocycles. The summed E-state index contributed by atoms with van der Waals surface area (Å²) in [5, 5.41) is 0. The molecule has 0 spiro atoms. The lowest BCUT2D eigenvalue weighted by Gasteiger charge is -2.23. The molecule has 1 aromatic carbocycles. The number of allylic oxidation sites excluding steroid dienone is 6. The van der Waals surface area contributed by atoms with E-state index in [1.54, 1.807) is 6.07 Å². The third-order valence-corrected chi connectivity index (χ3v) is 4.30. The summed E-state index contributed by atoms with van der Waals surface area (Å²) in [4.78, 5) is 0. The third-order valence-electron chi connectivity index (χ3n) is 4.30. The van der Waals surface area contributed by atoms with Gasteiger partial charge in [0.05, 0.1) is 0 Å². The monoisotopic (exact) mass is 284 g/mol. The summed E-state index contributed by atoms with van der Waals surface area (Å²) in [5.74, 6) is 0.473. The quantitative estimate of drug-likeness (QED) is 0.594. The summed E-state index contributed by atoms with van der Waals surface area (Å²) in [6.45, 7) is 6.54. The van der Waals surface area contributed by atoms with E-state index in [1.807, 2.05) is 12.1 Å². The molecule has 0 fully saturated rings. The van der Waals surface area contributed by atoms with E-state index in [0.29, 0.717) is 11.5 Å². The van der Waals surface area contributed by atoms with E-state index in [0.717, 1.165) is 18.4 Å². The summed E-state index contributed by atoms with van der Waals surface area (Å²) in [6.07, 6.45) is 11.1. The first-order chi connectivity index (χ1) is 10.2. The van der Waals surface area contributed by atoms with Crippen molar-refractivity contribution in [1.82, 2.24) is 0 Å². The van der Waals surface area contributed by atoms with Gasteiger partial charge >= 0.3 is 0 Å². The molecule has 0 N–H and O–H groups in total. The molecule has 21 heavy (non-hydrogen) atoms. The van der Waals surface area contributed by atoms with Gasteiger partial charge in [0.15, 0.2) is 0 Å². The van der Waals surface area contributed by atoms with Gasteiger partial charge in [0.1, 0.15) is 5.82 Å². The summed E-state index contributed by atoms with van der Waals surface area (Å²) in [5.41, 5.74) is 4.46. The zero-order valence-electron chi connectivity index (χ0n) is 13.3. The molecule has 0 bridgehead atoms. The van der Waals surface area contributed by atoms with Crippen LogP contribution in [0.4, 0.5) is 4.39 Å². The lowest BCUT2D eigenvalue weighted by Crippen LogP contribution is -2.07. The average Bonchev–Trinajstić information content (AvgIpc) is 2.52. The summed E-state index contributed by atoms with van der Waals surface area (Å²) in [7, 11) is 0. The maximum absolute atomic E-state index is 14.1. The van der Waals surface area contributed by atoms with Gasteiger partial charge in [-0.05, 0) is 49.3 Å². The lowest BCUT2D eigenvalue weighted by atomic mass is 9.82. The molecule has 1 unspecified atom stereocenters. The Morgan fingerprint density at radius 1 is 1.19 bits per heavy atom. The number of halogens is 1. The highest BCUT2D eigenvalue weighted by Gasteiger charge is 2.18. The molecular formula is C20H25F. The topological polar surface area (TPSA) is 0 Å². The molecule has 1 heteroatoms. The van der Waals surface area contributed by atoms with Crippen molar-refractivity contribution in [3.8, 4) is 0 Å². The second-order valence-corrected chi connectivity index (χ2v) is 5.73. The number of hydrogen-bond donors (Lipinski definition) is 0. The zero-order valence-corrected chi connectivity index (χ0v) is 13.3. The molecule has 2 rings (SSSR count). The van der Waals surface area contributed by atoms with Crippen molar-refractivity contribution >= 4 is 5.57 Å². The van der Waals surface area contributed by atoms with Crippen molar-refractivity contribution in [1.29, 1.82) is 0 Å². The third kappa shape index (κ3) is 3.72. The second-order valence-electron chi connectivity index (χ2n) is 5.73. The highest BCUT2D eigenvalue weighted by Crippen LogP contribution is 2.35. The Labute approximate surface area is 128 Å². The first-order valence-corrected chi connectivity index (χ1v) is 8.01. The first-order valence-electron chi connectivity index (χ1n) is 8.01. The largest absolute Gasteiger partial charge is 0.206 e. The van der Waals surface area contributed by atoms with E-state index in [-0.39, 0.29) is 5.82 Å². The Kier molecular flexibility index (Phi) is 5.55. The van der Waals surface area contributed by atoms with Crippen LogP contribution < -0.4 is 0 Å². The molecule has 0 nitrogen and oxygen atoms in total. The van der Waals surface area contributed by atoms with E-state index in [1.165, 1.54) is 30.1 Å². The second kappa shape index (κ2) is 7.40. The van der Waals surface area contributed by atoms with Gasteiger partial charge in [-0.1, -0.05) is 62.3 Å². The Morgan fingerprint density at radius 2 is 1.95 bits per heavy atom. The van der Waals surface area contributed by atoms with E-state index in [2.05, 4.69) is 39.0 Å². The number of benzene rings is 1. The van der Waals surface area contributed by atoms with Crippen molar-refractivity contribution in [2.24, 2.45) is 5.92 Å². The van der Waals surface area contributed by atoms with Gasteiger partial charge in [0.25, 0.3) is 0 Å². The van der Waals surface area contributed by atoms with Gasteiger partial charge in [0, 0.05) is 5.56 Å². The molecule has 1 atom stereocenters. The molecule has 0 saturated carbocycles. The minimum atomic E-state index is -0.139. The molecule has 0 radical (unpaired) electrons. The number of rotatable bonds is 5. The van der Waals surface area contributed by atoms with Gasteiger partial charge in [-0.25, -0.2) is 4.39 Å². The number of hydrogen-bond acceptors (Lipinski definition) is 0. The van der Waals surface area contributed by atoms with Gasteiger partial charge < -0.3 is 0 Å². The predicted molar refractivity (Wildman–Crippen MR) is 89.5 cm³/mol. The molecule has 0 aromatic heterocycles. The van der Waals surface area contributed by atoms with Crippen LogP contribution in [-0.2, 0) is 0 Å². The molecule has 1 aliphatic rings. The fourth-order valence-corrected chi connectivity index (χ4v) is 3.08. The molecule has 1 aliphatic carbocycles. The molecule has 0 saturated heterocycles. The fourth-order valence-electron chi connectivity index (χ4n) is 3.08. The normalized spacial score (nSPS) is 18.4. The Morgan fingerprint density at radius 3 is 2.57 bits per heavy atom. The first kappa shape index (κ1) is 15.8. The van der Waals surface area contributed by atoms with Crippen LogP contribution in [0.2, 0.25) is 0 Å². The maximum Gasteiger partial charge on any atom is 0.131 e. The van der Waals surface area contributed by atoms with Crippen molar-refractivity contribution < 1.29 is 4.39 Å². The fraction of sp³-hybridized carbons (Fsp3) is 0.400. The van der Waals surface area contributed by atoms with E-state index in [9.17, 15) is 4.39 Å². The smallest absolute Gasteiger partial charge is 0.131 e. The zero-order chi connectivity index (χ0) is 15.2. The van der Waals surface area contributed by atoms with Gasteiger partial charge in [-0.3, -0.25) is 0 Å². The molecule has 0 aliphatic heterocycles. The van der Waals surface area contributed by atoms with Crippen LogP contribution in [0.1, 0.15) is 52.0 Å². The van der Waals surface area contributed by atoms with Crippen LogP contribution in [0.15, 0.2) is 53.6 Å². The Bertz CT molecular complexity index is 575. The highest BCUT2D eigenvalue weighted by molar-refractivity contribution is 5.79. The molecular weight excluding hydrogens is 259 g/mol. The predicted octanol–water partition coefficient (Wildman–Crippen LogP) is 6.31. The van der Waals surface area contributed by atoms with Crippen LogP contribution in [0.5, 0.6) is 0 Å². The SMILES string of the molecule is C/C=C1/C=C(c2ccccc2F)C=C(C(CC)CCC)C1. The Hall–Kier alpha value is -1.63. The highest BCUT2D eigenvalue weighted by atomic mass is 19.1. The average molecular weight is 284 g/mol. The van der Waals surface area contributed by atoms with Crippen molar-refractivity contribution in [2.75, 3.05) is 0 Å². The summed E-state index contributed by atoms with van der Waals surface area (Å²) in [6, 6.07) is 7.06. The van der Waals surface area contributed by atoms with Crippen LogP contribution in [0.25, 0.3) is 5.57 Å².